The van der Waals surface area contributed by atoms with E-state index in [0.29, 0.717) is 11.1 Å². The summed E-state index contributed by atoms with van der Waals surface area (Å²) < 4.78 is 0. The average molecular weight is 218 g/mol. The quantitative estimate of drug-likeness (QED) is 0.738. The maximum atomic E-state index is 9.88. The summed E-state index contributed by atoms with van der Waals surface area (Å²) in [4.78, 5) is 0. The van der Waals surface area contributed by atoms with Gasteiger partial charge in [-0.05, 0) is 51.0 Å². The molecule has 0 aliphatic rings. The smallest absolute Gasteiger partial charge is 0.123 e. The highest BCUT2D eigenvalue weighted by atomic mass is 16.3. The predicted octanol–water partition coefficient (Wildman–Crippen LogP) is 3.94. The normalized spacial score (nSPS) is 13.0. The molecule has 0 heterocycles. The molecule has 0 bridgehead atoms. The van der Waals surface area contributed by atoms with Crippen LogP contribution in [0.1, 0.15) is 38.8 Å². The summed E-state index contributed by atoms with van der Waals surface area (Å²) in [6, 6.07) is 3.21. The minimum atomic E-state index is 0.199. The van der Waals surface area contributed by atoms with Gasteiger partial charge in [-0.3, -0.25) is 0 Å². The Balaban J connectivity index is 3.39. The molecule has 2 nitrogen and oxygen atoms in total. The summed E-state index contributed by atoms with van der Waals surface area (Å²) in [6.45, 7) is 7.60. The van der Waals surface area contributed by atoms with E-state index < -0.39 is 0 Å². The number of rotatable bonds is 2. The monoisotopic (exact) mass is 218 g/mol. The van der Waals surface area contributed by atoms with Gasteiger partial charge < -0.3 is 10.2 Å². The van der Waals surface area contributed by atoms with Crippen LogP contribution in [0.3, 0.4) is 0 Å². The van der Waals surface area contributed by atoms with Crippen LogP contribution in [0.25, 0.3) is 11.1 Å². The summed E-state index contributed by atoms with van der Waals surface area (Å²) in [5.41, 5.74) is 3.23. The molecule has 0 saturated carbocycles. The molecule has 0 unspecified atom stereocenters. The number of hydrogen-bond donors (Lipinski definition) is 2. The zero-order chi connectivity index (χ0) is 12.3. The van der Waals surface area contributed by atoms with Gasteiger partial charge in [0, 0.05) is 11.1 Å². The first kappa shape index (κ1) is 12.4. The lowest BCUT2D eigenvalue weighted by molar-refractivity contribution is 0.457. The summed E-state index contributed by atoms with van der Waals surface area (Å²) in [7, 11) is 0. The van der Waals surface area contributed by atoms with Crippen LogP contribution in [0.4, 0.5) is 0 Å². The molecule has 1 aromatic rings. The van der Waals surface area contributed by atoms with Crippen molar-refractivity contribution in [2.75, 3.05) is 0 Å². The fourth-order valence-electron chi connectivity index (χ4n) is 1.52. The molecule has 0 spiro atoms. The summed E-state index contributed by atoms with van der Waals surface area (Å²) in [5, 5.41) is 19.8. The van der Waals surface area contributed by atoms with Crippen molar-refractivity contribution >= 4 is 11.1 Å². The second kappa shape index (κ2) is 4.88. The van der Waals surface area contributed by atoms with Crippen LogP contribution in [0, 0.1) is 0 Å². The highest BCUT2D eigenvalue weighted by molar-refractivity contribution is 5.76. The number of aromatic hydroxyl groups is 2. The Bertz CT molecular complexity index is 410. The molecule has 0 aliphatic carbocycles. The van der Waals surface area contributed by atoms with Crippen LogP contribution in [-0.2, 0) is 0 Å². The second-order valence-corrected chi connectivity index (χ2v) is 3.83. The Labute approximate surface area is 96.6 Å². The Morgan fingerprint density at radius 2 is 1.19 bits per heavy atom. The van der Waals surface area contributed by atoms with Crippen molar-refractivity contribution in [3.05, 3.63) is 35.4 Å². The first-order valence-electron chi connectivity index (χ1n) is 5.33. The molecule has 0 radical (unpaired) electrons. The highest BCUT2D eigenvalue weighted by Crippen LogP contribution is 2.35. The van der Waals surface area contributed by atoms with Gasteiger partial charge in [-0.1, -0.05) is 12.2 Å². The Hall–Kier alpha value is -1.70. The van der Waals surface area contributed by atoms with Crippen molar-refractivity contribution in [3.63, 3.8) is 0 Å². The van der Waals surface area contributed by atoms with E-state index in [-0.39, 0.29) is 11.5 Å². The van der Waals surface area contributed by atoms with Crippen molar-refractivity contribution in [1.82, 2.24) is 0 Å². The molecular formula is C14H18O2. The molecule has 1 rings (SSSR count). The van der Waals surface area contributed by atoms with Crippen LogP contribution >= 0.6 is 0 Å². The van der Waals surface area contributed by atoms with E-state index in [1.54, 1.807) is 12.1 Å². The molecule has 0 fully saturated rings. The maximum Gasteiger partial charge on any atom is 0.123 e. The molecule has 0 aliphatic heterocycles. The van der Waals surface area contributed by atoms with Crippen molar-refractivity contribution in [2.45, 2.75) is 27.7 Å². The van der Waals surface area contributed by atoms with Crippen LogP contribution in [0.2, 0.25) is 0 Å². The fraction of sp³-hybridized carbons (Fsp3) is 0.286. The summed E-state index contributed by atoms with van der Waals surface area (Å²) in [6.07, 6.45) is 3.80. The van der Waals surface area contributed by atoms with Gasteiger partial charge in [0.05, 0.1) is 0 Å². The lowest BCUT2D eigenvalue weighted by atomic mass is 9.99. The molecule has 0 amide bonds. The van der Waals surface area contributed by atoms with E-state index in [1.807, 2.05) is 39.8 Å². The van der Waals surface area contributed by atoms with Gasteiger partial charge in [0.1, 0.15) is 11.5 Å². The molecule has 86 valence electrons. The van der Waals surface area contributed by atoms with Gasteiger partial charge >= 0.3 is 0 Å². The van der Waals surface area contributed by atoms with Crippen LogP contribution in [0.5, 0.6) is 11.5 Å². The van der Waals surface area contributed by atoms with E-state index in [2.05, 4.69) is 0 Å². The van der Waals surface area contributed by atoms with E-state index in [1.165, 1.54) is 0 Å². The molecule has 2 N–H and O–H groups in total. The van der Waals surface area contributed by atoms with Crippen molar-refractivity contribution in [3.8, 4) is 11.5 Å². The third-order valence-electron chi connectivity index (χ3n) is 2.83. The Morgan fingerprint density at radius 3 is 1.44 bits per heavy atom. The minimum Gasteiger partial charge on any atom is -0.507 e. The number of phenols is 2. The maximum absolute atomic E-state index is 9.88. The molecule has 16 heavy (non-hydrogen) atoms. The fourth-order valence-corrected chi connectivity index (χ4v) is 1.52. The number of allylic oxidation sites excluding steroid dienone is 4. The largest absolute Gasteiger partial charge is 0.507 e. The average Bonchev–Trinajstić information content (AvgIpc) is 2.29. The zero-order valence-electron chi connectivity index (χ0n) is 10.2. The predicted molar refractivity (Wildman–Crippen MR) is 68.4 cm³/mol. The zero-order valence-corrected chi connectivity index (χ0v) is 10.2. The molecular weight excluding hydrogens is 200 g/mol. The number of phenolic OH excluding ortho intramolecular Hbond substituents is 2. The molecule has 0 atom stereocenters. The van der Waals surface area contributed by atoms with Gasteiger partial charge in [0.2, 0.25) is 0 Å². The van der Waals surface area contributed by atoms with E-state index in [0.717, 1.165) is 11.1 Å². The third-order valence-corrected chi connectivity index (χ3v) is 2.83. The van der Waals surface area contributed by atoms with Gasteiger partial charge in [0.25, 0.3) is 0 Å². The molecule has 2 heteroatoms. The first-order chi connectivity index (χ1) is 7.51. The Kier molecular flexibility index (Phi) is 3.78. The molecule has 0 saturated heterocycles. The summed E-state index contributed by atoms with van der Waals surface area (Å²) >= 11 is 0. The van der Waals surface area contributed by atoms with Crippen molar-refractivity contribution in [2.24, 2.45) is 0 Å². The second-order valence-electron chi connectivity index (χ2n) is 3.83. The van der Waals surface area contributed by atoms with Crippen LogP contribution in [-0.4, -0.2) is 10.2 Å². The van der Waals surface area contributed by atoms with E-state index >= 15 is 0 Å². The van der Waals surface area contributed by atoms with E-state index in [9.17, 15) is 10.2 Å². The topological polar surface area (TPSA) is 40.5 Å². The van der Waals surface area contributed by atoms with Crippen LogP contribution in [0.15, 0.2) is 24.3 Å². The highest BCUT2D eigenvalue weighted by Gasteiger charge is 2.10. The van der Waals surface area contributed by atoms with Gasteiger partial charge in [-0.25, -0.2) is 0 Å². The van der Waals surface area contributed by atoms with Gasteiger partial charge in [-0.2, -0.15) is 0 Å². The number of hydrogen-bond acceptors (Lipinski definition) is 2. The molecule has 1 aromatic carbocycles. The van der Waals surface area contributed by atoms with Gasteiger partial charge in [-0.15, -0.1) is 0 Å². The van der Waals surface area contributed by atoms with Crippen molar-refractivity contribution < 1.29 is 10.2 Å². The Morgan fingerprint density at radius 1 is 0.875 bits per heavy atom. The SMILES string of the molecule is C/C=C(/C)c1cc(O)c(/C(C)=C/C)cc1O. The van der Waals surface area contributed by atoms with Crippen LogP contribution < -0.4 is 0 Å². The standard InChI is InChI=1S/C14H18O2/c1-5-9(3)11-7-14(16)12(8-13(11)15)10(4)6-2/h5-8,15-16H,1-4H3/b9-5-,10-6+. The first-order valence-corrected chi connectivity index (χ1v) is 5.33. The number of benzene rings is 1. The lowest BCUT2D eigenvalue weighted by Gasteiger charge is -2.10. The van der Waals surface area contributed by atoms with Crippen molar-refractivity contribution in [1.29, 1.82) is 0 Å². The third kappa shape index (κ3) is 2.27. The lowest BCUT2D eigenvalue weighted by Crippen LogP contribution is -1.87. The minimum absolute atomic E-state index is 0.199. The summed E-state index contributed by atoms with van der Waals surface area (Å²) in [5.74, 6) is 0.397. The van der Waals surface area contributed by atoms with Gasteiger partial charge in [0.15, 0.2) is 0 Å². The molecule has 0 aromatic heterocycles. The van der Waals surface area contributed by atoms with E-state index in [4.69, 9.17) is 0 Å².